The molecule has 2 rings (SSSR count). The molecule has 2 aliphatic rings. The molecule has 0 aromatic heterocycles. The van der Waals surface area contributed by atoms with Crippen molar-refractivity contribution in [2.24, 2.45) is 17.3 Å². The number of carbonyl (C=O) groups excluding carboxylic acids is 1. The molecule has 2 fully saturated rings. The lowest BCUT2D eigenvalue weighted by molar-refractivity contribution is -0.142. The van der Waals surface area contributed by atoms with Crippen LogP contribution in [0.4, 0.5) is 0 Å². The summed E-state index contributed by atoms with van der Waals surface area (Å²) in [6, 6.07) is 0.183. The van der Waals surface area contributed by atoms with Gasteiger partial charge in [-0.3, -0.25) is 9.59 Å². The van der Waals surface area contributed by atoms with Crippen molar-refractivity contribution in [3.05, 3.63) is 0 Å². The summed E-state index contributed by atoms with van der Waals surface area (Å²) in [6.45, 7) is 4.48. The Morgan fingerprint density at radius 2 is 1.70 bits per heavy atom. The number of carbonyl (C=O) groups is 2. The van der Waals surface area contributed by atoms with E-state index in [2.05, 4.69) is 19.2 Å². The van der Waals surface area contributed by atoms with Crippen LogP contribution in [0.2, 0.25) is 0 Å². The van der Waals surface area contributed by atoms with Crippen molar-refractivity contribution in [3.8, 4) is 0 Å². The molecule has 4 heteroatoms. The fourth-order valence-electron chi connectivity index (χ4n) is 3.73. The highest BCUT2D eigenvalue weighted by Crippen LogP contribution is 2.38. The van der Waals surface area contributed by atoms with Crippen molar-refractivity contribution < 1.29 is 14.7 Å². The largest absolute Gasteiger partial charge is 0.481 e. The van der Waals surface area contributed by atoms with Crippen LogP contribution in [-0.4, -0.2) is 23.0 Å². The van der Waals surface area contributed by atoms with E-state index >= 15 is 0 Å². The van der Waals surface area contributed by atoms with E-state index in [0.717, 1.165) is 32.1 Å². The molecule has 0 radical (unpaired) electrons. The van der Waals surface area contributed by atoms with Crippen molar-refractivity contribution in [3.63, 3.8) is 0 Å². The Balaban J connectivity index is 1.79. The Morgan fingerprint density at radius 1 is 1.05 bits per heavy atom. The lowest BCUT2D eigenvalue weighted by Crippen LogP contribution is -2.43. The maximum atomic E-state index is 12.3. The molecule has 20 heavy (non-hydrogen) atoms. The topological polar surface area (TPSA) is 66.4 Å². The van der Waals surface area contributed by atoms with Crippen LogP contribution in [0.1, 0.15) is 65.2 Å². The van der Waals surface area contributed by atoms with Gasteiger partial charge in [-0.2, -0.15) is 0 Å². The molecular formula is C16H27NO3. The molecule has 114 valence electrons. The summed E-state index contributed by atoms with van der Waals surface area (Å²) < 4.78 is 0. The molecule has 2 saturated carbocycles. The van der Waals surface area contributed by atoms with Crippen LogP contribution in [0.3, 0.4) is 0 Å². The van der Waals surface area contributed by atoms with E-state index in [1.165, 1.54) is 6.42 Å². The second kappa shape index (κ2) is 6.15. The van der Waals surface area contributed by atoms with Crippen LogP contribution in [0, 0.1) is 17.3 Å². The van der Waals surface area contributed by atoms with Crippen LogP contribution < -0.4 is 5.32 Å². The predicted molar refractivity (Wildman–Crippen MR) is 77.3 cm³/mol. The first-order chi connectivity index (χ1) is 9.37. The van der Waals surface area contributed by atoms with Gasteiger partial charge in [0.2, 0.25) is 5.91 Å². The number of hydrogen-bond acceptors (Lipinski definition) is 2. The molecule has 1 unspecified atom stereocenters. The van der Waals surface area contributed by atoms with Gasteiger partial charge in [0.25, 0.3) is 0 Å². The monoisotopic (exact) mass is 281 g/mol. The highest BCUT2D eigenvalue weighted by Gasteiger charge is 2.33. The van der Waals surface area contributed by atoms with Crippen molar-refractivity contribution >= 4 is 11.9 Å². The lowest BCUT2D eigenvalue weighted by atomic mass is 9.72. The number of nitrogens with one attached hydrogen (secondary N) is 1. The Labute approximate surface area is 121 Å². The molecular weight excluding hydrogens is 254 g/mol. The van der Waals surface area contributed by atoms with Crippen molar-refractivity contribution in [2.45, 2.75) is 71.3 Å². The smallest absolute Gasteiger partial charge is 0.306 e. The van der Waals surface area contributed by atoms with E-state index in [1.54, 1.807) is 0 Å². The van der Waals surface area contributed by atoms with Crippen LogP contribution >= 0.6 is 0 Å². The molecule has 0 saturated heterocycles. The van der Waals surface area contributed by atoms with Crippen molar-refractivity contribution in [1.29, 1.82) is 0 Å². The van der Waals surface area contributed by atoms with Gasteiger partial charge in [-0.1, -0.05) is 20.3 Å². The SMILES string of the molecule is CC1(C)CCCC(C(=O)NC2CCC(C(=O)O)CC2)C1. The number of carboxylic acids is 1. The Kier molecular flexibility index (Phi) is 4.71. The summed E-state index contributed by atoms with van der Waals surface area (Å²) >= 11 is 0. The molecule has 0 aliphatic heterocycles. The minimum atomic E-state index is -0.691. The van der Waals surface area contributed by atoms with Gasteiger partial charge in [0.05, 0.1) is 5.92 Å². The van der Waals surface area contributed by atoms with Gasteiger partial charge in [-0.05, 0) is 50.4 Å². The highest BCUT2D eigenvalue weighted by atomic mass is 16.4. The zero-order valence-corrected chi connectivity index (χ0v) is 12.7. The van der Waals surface area contributed by atoms with Crippen LogP contribution in [0.5, 0.6) is 0 Å². The minimum absolute atomic E-state index is 0.149. The Morgan fingerprint density at radius 3 is 2.25 bits per heavy atom. The zero-order valence-electron chi connectivity index (χ0n) is 12.7. The summed E-state index contributed by atoms with van der Waals surface area (Å²) in [4.78, 5) is 23.3. The van der Waals surface area contributed by atoms with E-state index in [-0.39, 0.29) is 29.2 Å². The maximum absolute atomic E-state index is 12.3. The second-order valence-electron chi connectivity index (χ2n) is 7.35. The van der Waals surface area contributed by atoms with E-state index in [9.17, 15) is 9.59 Å². The molecule has 0 bridgehead atoms. The van der Waals surface area contributed by atoms with Gasteiger partial charge < -0.3 is 10.4 Å². The fraction of sp³-hybridized carbons (Fsp3) is 0.875. The molecule has 0 aromatic rings. The van der Waals surface area contributed by atoms with Gasteiger partial charge in [-0.25, -0.2) is 0 Å². The first-order valence-electron chi connectivity index (χ1n) is 7.90. The lowest BCUT2D eigenvalue weighted by Gasteiger charge is -2.35. The Bertz CT molecular complexity index is 370. The van der Waals surface area contributed by atoms with Crippen molar-refractivity contribution in [2.75, 3.05) is 0 Å². The summed E-state index contributed by atoms with van der Waals surface area (Å²) in [5, 5.41) is 12.1. The third-order valence-corrected chi connectivity index (χ3v) is 5.00. The standard InChI is InChI=1S/C16H27NO3/c1-16(2)9-3-4-12(10-16)14(18)17-13-7-5-11(6-8-13)15(19)20/h11-13H,3-10H2,1-2H3,(H,17,18)(H,19,20). The number of aliphatic carboxylic acids is 1. The van der Waals surface area contributed by atoms with Crippen LogP contribution in [-0.2, 0) is 9.59 Å². The summed E-state index contributed by atoms with van der Waals surface area (Å²) in [6.07, 6.45) is 7.31. The molecule has 0 heterocycles. The summed E-state index contributed by atoms with van der Waals surface area (Å²) in [7, 11) is 0. The van der Waals surface area contributed by atoms with Crippen molar-refractivity contribution in [1.82, 2.24) is 5.32 Å². The first kappa shape index (κ1) is 15.3. The van der Waals surface area contributed by atoms with Gasteiger partial charge in [0.1, 0.15) is 0 Å². The summed E-state index contributed by atoms with van der Waals surface area (Å²) in [5.41, 5.74) is 0.279. The molecule has 2 aliphatic carbocycles. The fourth-order valence-corrected chi connectivity index (χ4v) is 3.73. The third-order valence-electron chi connectivity index (χ3n) is 5.00. The van der Waals surface area contributed by atoms with E-state index in [4.69, 9.17) is 5.11 Å². The van der Waals surface area contributed by atoms with Crippen LogP contribution in [0.15, 0.2) is 0 Å². The minimum Gasteiger partial charge on any atom is -0.481 e. The van der Waals surface area contributed by atoms with Gasteiger partial charge in [0.15, 0.2) is 0 Å². The zero-order chi connectivity index (χ0) is 14.8. The second-order valence-corrected chi connectivity index (χ2v) is 7.35. The molecule has 2 N–H and O–H groups in total. The molecule has 0 aromatic carbocycles. The van der Waals surface area contributed by atoms with Crippen LogP contribution in [0.25, 0.3) is 0 Å². The van der Waals surface area contributed by atoms with E-state index < -0.39 is 5.97 Å². The summed E-state index contributed by atoms with van der Waals surface area (Å²) in [5.74, 6) is -0.562. The first-order valence-corrected chi connectivity index (χ1v) is 7.90. The van der Waals surface area contributed by atoms with E-state index in [1.807, 2.05) is 0 Å². The average Bonchev–Trinajstić information content (AvgIpc) is 2.38. The molecule has 1 amide bonds. The molecule has 1 atom stereocenters. The number of amides is 1. The molecule has 0 spiro atoms. The maximum Gasteiger partial charge on any atom is 0.306 e. The highest BCUT2D eigenvalue weighted by molar-refractivity contribution is 5.79. The number of hydrogen-bond donors (Lipinski definition) is 2. The Hall–Kier alpha value is -1.06. The molecule has 4 nitrogen and oxygen atoms in total. The van der Waals surface area contributed by atoms with E-state index in [0.29, 0.717) is 12.8 Å². The number of carboxylic acid groups (broad SMARTS) is 1. The third kappa shape index (κ3) is 3.97. The average molecular weight is 281 g/mol. The normalized spacial score (nSPS) is 33.4. The quantitative estimate of drug-likeness (QED) is 0.835. The predicted octanol–water partition coefficient (Wildman–Crippen LogP) is 2.96. The van der Waals surface area contributed by atoms with Gasteiger partial charge in [-0.15, -0.1) is 0 Å². The van der Waals surface area contributed by atoms with Gasteiger partial charge in [0, 0.05) is 12.0 Å². The van der Waals surface area contributed by atoms with Gasteiger partial charge >= 0.3 is 5.97 Å². The number of rotatable bonds is 3.